The Hall–Kier alpha value is -4.04. The zero-order valence-electron chi connectivity index (χ0n) is 23.3. The lowest BCUT2D eigenvalue weighted by Gasteiger charge is -2.17. The zero-order chi connectivity index (χ0) is 29.2. The van der Waals surface area contributed by atoms with Gasteiger partial charge in [0.15, 0.2) is 23.0 Å². The molecule has 6 N–H and O–H groups in total. The van der Waals surface area contributed by atoms with Gasteiger partial charge in [0.1, 0.15) is 25.4 Å². The van der Waals surface area contributed by atoms with E-state index in [4.69, 9.17) is 9.47 Å². The minimum Gasteiger partial charge on any atom is -0.504 e. The maximum atomic E-state index is 10.6. The van der Waals surface area contributed by atoms with Crippen LogP contribution in [-0.4, -0.2) is 40.7 Å². The van der Waals surface area contributed by atoms with E-state index in [-0.39, 0.29) is 36.5 Å². The van der Waals surface area contributed by atoms with Crippen LogP contribution in [0.3, 0.4) is 0 Å². The molecule has 1 aliphatic rings. The molecule has 0 aromatic heterocycles. The molecular weight excluding hydrogens is 518 g/mol. The summed E-state index contributed by atoms with van der Waals surface area (Å²) in [5, 5.41) is 41.8. The number of hydrogen-bond donors (Lipinski definition) is 5. The number of rotatable bonds is 10. The van der Waals surface area contributed by atoms with E-state index in [0.717, 1.165) is 41.5 Å². The van der Waals surface area contributed by atoms with Crippen LogP contribution in [0.1, 0.15) is 65.6 Å². The third kappa shape index (κ3) is 7.79. The number of aliphatic hydroxyl groups excluding tert-OH is 2. The molecule has 0 radical (unpaired) electrons. The summed E-state index contributed by atoms with van der Waals surface area (Å²) in [6.07, 6.45) is 1.29. The minimum atomic E-state index is -0.775. The summed E-state index contributed by atoms with van der Waals surface area (Å²) in [4.78, 5) is 0. The Morgan fingerprint density at radius 3 is 1.39 bits per heavy atom. The van der Waals surface area contributed by atoms with Crippen molar-refractivity contribution in [3.63, 3.8) is 0 Å². The lowest BCUT2D eigenvalue weighted by Crippen LogP contribution is -2.09. The highest BCUT2D eigenvalue weighted by atomic mass is 16.5. The summed E-state index contributed by atoms with van der Waals surface area (Å²) in [5.74, 6) is 1.39. The average molecular weight is 558 g/mol. The number of phenolic OH excluding ortho intramolecular Hbond substituents is 2. The molecule has 4 aromatic rings. The van der Waals surface area contributed by atoms with Crippen LogP contribution in [0.2, 0.25) is 0 Å². The SMILES string of the molecule is CN.Oc1cc([C@@H]2CC[C@H](c3ccc(OCC(O)c4ccccc4)c(O)c3)C2)ccc1OCC(O)c1ccccc1. The maximum Gasteiger partial charge on any atom is 0.161 e. The van der Waals surface area contributed by atoms with Gasteiger partial charge in [0.05, 0.1) is 0 Å². The summed E-state index contributed by atoms with van der Waals surface area (Å²) in [7, 11) is 1.50. The normalized spacial score (nSPS) is 17.7. The van der Waals surface area contributed by atoms with Crippen molar-refractivity contribution in [2.45, 2.75) is 43.3 Å². The molecule has 0 saturated heterocycles. The summed E-state index contributed by atoms with van der Waals surface area (Å²) in [5.41, 5.74) is 8.12. The monoisotopic (exact) mass is 557 g/mol. The molecule has 41 heavy (non-hydrogen) atoms. The van der Waals surface area contributed by atoms with Crippen LogP contribution in [-0.2, 0) is 0 Å². The van der Waals surface area contributed by atoms with Gasteiger partial charge in [-0.05, 0) is 84.7 Å². The van der Waals surface area contributed by atoms with E-state index in [1.54, 1.807) is 24.3 Å². The fourth-order valence-corrected chi connectivity index (χ4v) is 5.29. The predicted octanol–water partition coefficient (Wildman–Crippen LogP) is 5.95. The van der Waals surface area contributed by atoms with E-state index in [1.807, 2.05) is 72.8 Å². The van der Waals surface area contributed by atoms with Gasteiger partial charge in [0, 0.05) is 0 Å². The van der Waals surface area contributed by atoms with Gasteiger partial charge in [-0.25, -0.2) is 0 Å². The second kappa shape index (κ2) is 14.6. The second-order valence-electron chi connectivity index (χ2n) is 10.1. The van der Waals surface area contributed by atoms with E-state index in [2.05, 4.69) is 5.73 Å². The quantitative estimate of drug-likeness (QED) is 0.163. The molecule has 7 heteroatoms. The Bertz CT molecular complexity index is 1260. The maximum absolute atomic E-state index is 10.6. The van der Waals surface area contributed by atoms with Crippen molar-refractivity contribution in [2.75, 3.05) is 20.3 Å². The van der Waals surface area contributed by atoms with Crippen LogP contribution < -0.4 is 15.2 Å². The first-order valence-corrected chi connectivity index (χ1v) is 13.9. The minimum absolute atomic E-state index is 0.0524. The molecule has 0 aliphatic heterocycles. The van der Waals surface area contributed by atoms with Gasteiger partial charge in [-0.1, -0.05) is 72.8 Å². The van der Waals surface area contributed by atoms with Crippen LogP contribution in [0.15, 0.2) is 97.1 Å². The predicted molar refractivity (Wildman–Crippen MR) is 159 cm³/mol. The number of aliphatic hydroxyl groups is 2. The van der Waals surface area contributed by atoms with Crippen LogP contribution in [0.25, 0.3) is 0 Å². The molecule has 5 rings (SSSR count). The molecule has 4 atom stereocenters. The Labute approximate surface area is 241 Å². The Kier molecular flexibility index (Phi) is 10.6. The van der Waals surface area contributed by atoms with Crippen LogP contribution in [0.4, 0.5) is 0 Å². The first-order chi connectivity index (χ1) is 20.0. The first kappa shape index (κ1) is 29.9. The van der Waals surface area contributed by atoms with Gasteiger partial charge in [-0.15, -0.1) is 0 Å². The summed E-state index contributed by atoms with van der Waals surface area (Å²) in [6.45, 7) is 0.105. The third-order valence-electron chi connectivity index (χ3n) is 7.50. The molecular formula is C34H39NO6. The molecule has 216 valence electrons. The number of ether oxygens (including phenoxy) is 2. The van der Waals surface area contributed by atoms with E-state index < -0.39 is 12.2 Å². The van der Waals surface area contributed by atoms with Crippen LogP contribution in [0, 0.1) is 0 Å². The van der Waals surface area contributed by atoms with Gasteiger partial charge >= 0.3 is 0 Å². The highest BCUT2D eigenvalue weighted by Crippen LogP contribution is 2.46. The first-order valence-electron chi connectivity index (χ1n) is 13.9. The van der Waals surface area contributed by atoms with E-state index in [1.165, 1.54) is 7.05 Å². The fourth-order valence-electron chi connectivity index (χ4n) is 5.29. The molecule has 1 fully saturated rings. The molecule has 0 amide bonds. The van der Waals surface area contributed by atoms with Crippen molar-refractivity contribution < 1.29 is 29.9 Å². The second-order valence-corrected chi connectivity index (χ2v) is 10.1. The average Bonchev–Trinajstić information content (AvgIpc) is 3.52. The fraction of sp³-hybridized carbons (Fsp3) is 0.294. The van der Waals surface area contributed by atoms with Crippen molar-refractivity contribution >= 4 is 0 Å². The molecule has 0 spiro atoms. The van der Waals surface area contributed by atoms with Crippen molar-refractivity contribution in [3.05, 3.63) is 119 Å². The van der Waals surface area contributed by atoms with E-state index >= 15 is 0 Å². The largest absolute Gasteiger partial charge is 0.504 e. The van der Waals surface area contributed by atoms with Gasteiger partial charge in [0.2, 0.25) is 0 Å². The number of nitrogens with two attached hydrogens (primary N) is 1. The van der Waals surface area contributed by atoms with Crippen molar-refractivity contribution in [1.29, 1.82) is 0 Å². The van der Waals surface area contributed by atoms with Gasteiger partial charge in [-0.2, -0.15) is 0 Å². The van der Waals surface area contributed by atoms with Crippen molar-refractivity contribution in [2.24, 2.45) is 5.73 Å². The van der Waals surface area contributed by atoms with Crippen LogP contribution in [0.5, 0.6) is 23.0 Å². The molecule has 2 unspecified atom stereocenters. The summed E-state index contributed by atoms with van der Waals surface area (Å²) >= 11 is 0. The molecule has 0 heterocycles. The smallest absolute Gasteiger partial charge is 0.161 e. The van der Waals surface area contributed by atoms with E-state index in [9.17, 15) is 20.4 Å². The highest BCUT2D eigenvalue weighted by molar-refractivity contribution is 5.45. The van der Waals surface area contributed by atoms with E-state index in [0.29, 0.717) is 11.5 Å². The number of aromatic hydroxyl groups is 2. The highest BCUT2D eigenvalue weighted by Gasteiger charge is 2.28. The number of hydrogen-bond acceptors (Lipinski definition) is 7. The van der Waals surface area contributed by atoms with Gasteiger partial charge in [-0.3, -0.25) is 0 Å². The third-order valence-corrected chi connectivity index (χ3v) is 7.50. The van der Waals surface area contributed by atoms with Crippen LogP contribution >= 0.6 is 0 Å². The molecule has 1 saturated carbocycles. The standard InChI is InChI=1S/C33H34O6.CH5N/c34-28-18-26(13-15-32(28)38-20-30(36)22-7-3-1-4-8-22)24-11-12-25(17-24)27-14-16-33(29(35)19-27)39-21-31(37)23-9-5-2-6-10-23;1-2/h1-10,13-16,18-19,24-25,30-31,34-37H,11-12,17,20-21H2;2H2,1H3/t24-,25+,30?,31?;. The topological polar surface area (TPSA) is 125 Å². The Balaban J connectivity index is 0.00000189. The number of phenols is 2. The summed E-state index contributed by atoms with van der Waals surface area (Å²) in [6, 6.07) is 29.6. The van der Waals surface area contributed by atoms with Gasteiger partial charge in [0.25, 0.3) is 0 Å². The Morgan fingerprint density at radius 2 is 1.02 bits per heavy atom. The molecule has 1 aliphatic carbocycles. The molecule has 7 nitrogen and oxygen atoms in total. The molecule has 4 aromatic carbocycles. The lowest BCUT2D eigenvalue weighted by atomic mass is 9.92. The Morgan fingerprint density at radius 1 is 0.634 bits per heavy atom. The zero-order valence-corrected chi connectivity index (χ0v) is 23.3. The summed E-state index contributed by atoms with van der Waals surface area (Å²) < 4.78 is 11.4. The number of benzene rings is 4. The van der Waals surface area contributed by atoms with Crippen molar-refractivity contribution in [3.8, 4) is 23.0 Å². The molecule has 0 bridgehead atoms. The van der Waals surface area contributed by atoms with Gasteiger partial charge < -0.3 is 35.6 Å². The lowest BCUT2D eigenvalue weighted by molar-refractivity contribution is 0.106. The van der Waals surface area contributed by atoms with Crippen molar-refractivity contribution in [1.82, 2.24) is 0 Å².